The molecule has 1 saturated carbocycles. The van der Waals surface area contributed by atoms with Gasteiger partial charge < -0.3 is 10.6 Å². The molecule has 2 N–H and O–H groups in total. The molecule has 0 unspecified atom stereocenters. The number of carbonyl (C=O) groups is 1. The summed E-state index contributed by atoms with van der Waals surface area (Å²) in [6.07, 6.45) is 1.15. The van der Waals surface area contributed by atoms with E-state index in [0.717, 1.165) is 6.42 Å². The van der Waals surface area contributed by atoms with Crippen LogP contribution >= 0.6 is 0 Å². The maximum absolute atomic E-state index is 13.0. The molecule has 1 fully saturated rings. The molecular formula is C12H22F2N2O. The van der Waals surface area contributed by atoms with Crippen LogP contribution in [-0.2, 0) is 4.79 Å². The van der Waals surface area contributed by atoms with Crippen molar-refractivity contribution in [3.8, 4) is 0 Å². The summed E-state index contributed by atoms with van der Waals surface area (Å²) < 4.78 is 26.0. The Morgan fingerprint density at radius 3 is 2.41 bits per heavy atom. The van der Waals surface area contributed by atoms with Crippen molar-refractivity contribution in [3.63, 3.8) is 0 Å². The molecule has 0 atom stereocenters. The maximum Gasteiger partial charge on any atom is 0.248 e. The summed E-state index contributed by atoms with van der Waals surface area (Å²) in [6, 6.07) is 0. The number of amides is 1. The smallest absolute Gasteiger partial charge is 0.248 e. The van der Waals surface area contributed by atoms with E-state index in [0.29, 0.717) is 32.5 Å². The van der Waals surface area contributed by atoms with E-state index in [2.05, 4.69) is 0 Å². The number of carbonyl (C=O) groups excluding carboxylic acids is 1. The van der Waals surface area contributed by atoms with Gasteiger partial charge in [-0.15, -0.1) is 0 Å². The van der Waals surface area contributed by atoms with E-state index < -0.39 is 5.92 Å². The molecule has 3 nitrogen and oxygen atoms in total. The zero-order valence-corrected chi connectivity index (χ0v) is 10.4. The van der Waals surface area contributed by atoms with Crippen molar-refractivity contribution in [1.82, 2.24) is 4.90 Å². The average molecular weight is 248 g/mol. The lowest BCUT2D eigenvalue weighted by Gasteiger charge is -2.31. The molecule has 100 valence electrons. The molecule has 0 spiro atoms. The van der Waals surface area contributed by atoms with Gasteiger partial charge in [0, 0.05) is 38.4 Å². The van der Waals surface area contributed by atoms with Gasteiger partial charge in [-0.25, -0.2) is 8.78 Å². The van der Waals surface area contributed by atoms with Gasteiger partial charge >= 0.3 is 0 Å². The fraction of sp³-hybridized carbons (Fsp3) is 0.917. The number of rotatable bonds is 5. The Labute approximate surface area is 101 Å². The molecule has 0 heterocycles. The minimum absolute atomic E-state index is 0.00722. The highest BCUT2D eigenvalue weighted by Crippen LogP contribution is 2.36. The van der Waals surface area contributed by atoms with Gasteiger partial charge in [-0.1, -0.05) is 6.92 Å². The molecule has 0 aromatic carbocycles. The van der Waals surface area contributed by atoms with Gasteiger partial charge in [-0.3, -0.25) is 4.79 Å². The first-order valence-corrected chi connectivity index (χ1v) is 6.37. The highest BCUT2D eigenvalue weighted by Gasteiger charge is 2.38. The summed E-state index contributed by atoms with van der Waals surface area (Å²) in [5.74, 6) is -2.79. The van der Waals surface area contributed by atoms with Crippen molar-refractivity contribution in [1.29, 1.82) is 0 Å². The van der Waals surface area contributed by atoms with Crippen LogP contribution in [0.1, 0.15) is 39.0 Å². The normalized spacial score (nSPS) is 20.2. The third-order valence-corrected chi connectivity index (χ3v) is 3.27. The highest BCUT2D eigenvalue weighted by atomic mass is 19.3. The molecule has 0 aromatic rings. The van der Waals surface area contributed by atoms with E-state index in [-0.39, 0.29) is 24.7 Å². The summed E-state index contributed by atoms with van der Waals surface area (Å²) >= 11 is 0. The molecule has 0 aromatic heterocycles. The summed E-state index contributed by atoms with van der Waals surface area (Å²) in [4.78, 5) is 13.8. The Hall–Kier alpha value is -0.710. The summed E-state index contributed by atoms with van der Waals surface area (Å²) in [5.41, 5.74) is 5.46. The second-order valence-electron chi connectivity index (χ2n) is 4.74. The van der Waals surface area contributed by atoms with Gasteiger partial charge in [0.2, 0.25) is 11.8 Å². The highest BCUT2D eigenvalue weighted by molar-refractivity contribution is 5.79. The van der Waals surface area contributed by atoms with Crippen molar-refractivity contribution in [3.05, 3.63) is 0 Å². The predicted molar refractivity (Wildman–Crippen MR) is 62.8 cm³/mol. The van der Waals surface area contributed by atoms with Gasteiger partial charge in [0.05, 0.1) is 0 Å². The molecule has 5 heteroatoms. The van der Waals surface area contributed by atoms with Crippen molar-refractivity contribution in [2.75, 3.05) is 19.6 Å². The largest absolute Gasteiger partial charge is 0.341 e. The Kier molecular flexibility index (Phi) is 5.31. The van der Waals surface area contributed by atoms with Crippen LogP contribution in [0.2, 0.25) is 0 Å². The second-order valence-corrected chi connectivity index (χ2v) is 4.74. The fourth-order valence-corrected chi connectivity index (χ4v) is 2.30. The first kappa shape index (κ1) is 14.4. The van der Waals surface area contributed by atoms with E-state index in [1.54, 1.807) is 4.90 Å². The molecule has 1 aliphatic rings. The summed E-state index contributed by atoms with van der Waals surface area (Å²) in [6.45, 7) is 3.61. The first-order chi connectivity index (χ1) is 8.00. The Bertz CT molecular complexity index is 243. The van der Waals surface area contributed by atoms with Crippen LogP contribution in [-0.4, -0.2) is 36.4 Å². The minimum atomic E-state index is -2.57. The quantitative estimate of drug-likeness (QED) is 0.809. The summed E-state index contributed by atoms with van der Waals surface area (Å²) in [5, 5.41) is 0. The standard InChI is InChI=1S/C12H22F2N2O/c1-2-8-16(9-7-15)11(17)10-3-5-12(13,14)6-4-10/h10H,2-9,15H2,1H3. The third kappa shape index (κ3) is 4.22. The minimum Gasteiger partial charge on any atom is -0.341 e. The van der Waals surface area contributed by atoms with E-state index in [1.807, 2.05) is 6.92 Å². The first-order valence-electron chi connectivity index (χ1n) is 6.37. The van der Waals surface area contributed by atoms with Gasteiger partial charge in [0.15, 0.2) is 0 Å². The van der Waals surface area contributed by atoms with E-state index >= 15 is 0 Å². The van der Waals surface area contributed by atoms with Gasteiger partial charge in [-0.05, 0) is 19.3 Å². The topological polar surface area (TPSA) is 46.3 Å². The number of alkyl halides is 2. The Morgan fingerprint density at radius 1 is 1.35 bits per heavy atom. The Balaban J connectivity index is 2.51. The molecule has 1 amide bonds. The lowest BCUT2D eigenvalue weighted by atomic mass is 9.86. The van der Waals surface area contributed by atoms with Gasteiger partial charge in [0.25, 0.3) is 0 Å². The van der Waals surface area contributed by atoms with E-state index in [4.69, 9.17) is 5.73 Å². The van der Waals surface area contributed by atoms with Gasteiger partial charge in [0.1, 0.15) is 0 Å². The number of halogens is 2. The van der Waals surface area contributed by atoms with E-state index in [9.17, 15) is 13.6 Å². The molecule has 17 heavy (non-hydrogen) atoms. The van der Waals surface area contributed by atoms with Crippen LogP contribution in [0.5, 0.6) is 0 Å². The SMILES string of the molecule is CCCN(CCN)C(=O)C1CCC(F)(F)CC1. The second kappa shape index (κ2) is 6.28. The molecule has 0 saturated heterocycles. The molecule has 1 rings (SSSR count). The zero-order valence-electron chi connectivity index (χ0n) is 10.4. The van der Waals surface area contributed by atoms with Gasteiger partial charge in [-0.2, -0.15) is 0 Å². The molecule has 1 aliphatic carbocycles. The molecule has 0 aliphatic heterocycles. The van der Waals surface area contributed by atoms with Crippen molar-refractivity contribution >= 4 is 5.91 Å². The van der Waals surface area contributed by atoms with Crippen LogP contribution in [0.4, 0.5) is 8.78 Å². The van der Waals surface area contributed by atoms with Crippen LogP contribution in [0, 0.1) is 5.92 Å². The van der Waals surface area contributed by atoms with E-state index in [1.165, 1.54) is 0 Å². The van der Waals surface area contributed by atoms with Crippen LogP contribution < -0.4 is 5.73 Å². The molecule has 0 radical (unpaired) electrons. The lowest BCUT2D eigenvalue weighted by molar-refractivity contribution is -0.139. The molecular weight excluding hydrogens is 226 g/mol. The lowest BCUT2D eigenvalue weighted by Crippen LogP contribution is -2.42. The van der Waals surface area contributed by atoms with Crippen molar-refractivity contribution < 1.29 is 13.6 Å². The Morgan fingerprint density at radius 2 is 1.94 bits per heavy atom. The molecule has 0 bridgehead atoms. The third-order valence-electron chi connectivity index (χ3n) is 3.27. The average Bonchev–Trinajstić information content (AvgIpc) is 2.28. The predicted octanol–water partition coefficient (Wildman–Crippen LogP) is 2.01. The number of hydrogen-bond donors (Lipinski definition) is 1. The fourth-order valence-electron chi connectivity index (χ4n) is 2.30. The van der Waals surface area contributed by atoms with Crippen LogP contribution in [0.15, 0.2) is 0 Å². The number of hydrogen-bond acceptors (Lipinski definition) is 2. The van der Waals surface area contributed by atoms with Crippen molar-refractivity contribution in [2.45, 2.75) is 45.0 Å². The maximum atomic E-state index is 13.0. The van der Waals surface area contributed by atoms with Crippen molar-refractivity contribution in [2.24, 2.45) is 11.7 Å². The van der Waals surface area contributed by atoms with Crippen LogP contribution in [0.3, 0.4) is 0 Å². The number of nitrogens with two attached hydrogens (primary N) is 1. The van der Waals surface area contributed by atoms with Crippen LogP contribution in [0.25, 0.3) is 0 Å². The zero-order chi connectivity index (χ0) is 12.9. The monoisotopic (exact) mass is 248 g/mol. The number of nitrogens with zero attached hydrogens (tertiary/aromatic N) is 1. The summed E-state index contributed by atoms with van der Waals surface area (Å²) in [7, 11) is 0.